The first-order valence-corrected chi connectivity index (χ1v) is 20.8. The summed E-state index contributed by atoms with van der Waals surface area (Å²) in [6.45, 7) is 5.67. The molecule has 9 rings (SSSR count). The van der Waals surface area contributed by atoms with Crippen LogP contribution in [0.1, 0.15) is 50.4 Å². The molecule has 0 radical (unpaired) electrons. The van der Waals surface area contributed by atoms with Gasteiger partial charge in [-0.3, -0.25) is 0 Å². The number of rotatable bonds is 15. The second kappa shape index (κ2) is 17.6. The maximum absolute atomic E-state index is 10.9. The first-order chi connectivity index (χ1) is 30.3. The average molecular weight is 821 g/mol. The molecule has 9 heteroatoms. The van der Waals surface area contributed by atoms with Crippen LogP contribution in [0.25, 0.3) is 21.5 Å². The van der Waals surface area contributed by atoms with Crippen molar-refractivity contribution in [1.82, 2.24) is 0 Å². The highest BCUT2D eigenvalue weighted by molar-refractivity contribution is 5.96. The van der Waals surface area contributed by atoms with Crippen LogP contribution in [0.15, 0.2) is 156 Å². The second-order valence-electron chi connectivity index (χ2n) is 15.7. The standard InChI is InChI=1S/C53H44N2O7/c1-33-29-40(30-34(2)53(33)61-28-25-36-5-13-42(55-58)14-6-36)50-51-46-19-17-44(59-26-23-35-3-11-41(54-57)12-4-35)31-38(46)9-21-48(51)62-49-22-10-39-32-45(18-20-47(39)52(49)50)60-27-24-37-7-15-43(56)16-8-37/h3-22,29-32,50,56H,23-28H2,1-2H3. The Bertz CT molecular complexity index is 2900. The van der Waals surface area contributed by atoms with Gasteiger partial charge in [0.15, 0.2) is 0 Å². The first kappa shape index (κ1) is 39.9. The molecule has 1 heterocycles. The van der Waals surface area contributed by atoms with Crippen molar-refractivity contribution in [3.05, 3.63) is 200 Å². The maximum Gasteiger partial charge on any atom is 0.132 e. The summed E-state index contributed by atoms with van der Waals surface area (Å²) in [4.78, 5) is 21.7. The minimum Gasteiger partial charge on any atom is -0.508 e. The molecule has 9 nitrogen and oxygen atoms in total. The molecule has 62 heavy (non-hydrogen) atoms. The van der Waals surface area contributed by atoms with Crippen molar-refractivity contribution in [3.8, 4) is 34.5 Å². The fourth-order valence-electron chi connectivity index (χ4n) is 8.51. The number of phenols is 1. The number of nitroso groups, excluding NO2 is 2. The fourth-order valence-corrected chi connectivity index (χ4v) is 8.51. The third kappa shape index (κ3) is 8.43. The Labute approximate surface area is 359 Å². The van der Waals surface area contributed by atoms with Crippen LogP contribution in [0.2, 0.25) is 0 Å². The summed E-state index contributed by atoms with van der Waals surface area (Å²) < 4.78 is 25.8. The van der Waals surface area contributed by atoms with Gasteiger partial charge in [-0.15, -0.1) is 9.81 Å². The Morgan fingerprint density at radius 2 is 0.952 bits per heavy atom. The van der Waals surface area contributed by atoms with Crippen molar-refractivity contribution in [1.29, 1.82) is 0 Å². The van der Waals surface area contributed by atoms with Gasteiger partial charge >= 0.3 is 0 Å². The topological polar surface area (TPSA) is 116 Å². The molecule has 0 saturated carbocycles. The van der Waals surface area contributed by atoms with Gasteiger partial charge in [0.05, 0.1) is 19.8 Å². The Morgan fingerprint density at radius 3 is 1.40 bits per heavy atom. The van der Waals surface area contributed by atoms with Crippen LogP contribution in [0, 0.1) is 23.7 Å². The highest BCUT2D eigenvalue weighted by Gasteiger charge is 2.33. The van der Waals surface area contributed by atoms with Crippen LogP contribution in [-0.4, -0.2) is 24.9 Å². The lowest BCUT2D eigenvalue weighted by Gasteiger charge is -2.32. The van der Waals surface area contributed by atoms with E-state index >= 15 is 0 Å². The molecule has 0 fully saturated rings. The minimum atomic E-state index is -0.186. The molecule has 0 amide bonds. The van der Waals surface area contributed by atoms with E-state index in [2.05, 4.69) is 84.9 Å². The van der Waals surface area contributed by atoms with Crippen LogP contribution in [-0.2, 0) is 19.3 Å². The van der Waals surface area contributed by atoms with Crippen LogP contribution in [0.4, 0.5) is 11.4 Å². The quantitative estimate of drug-likeness (QED) is 0.102. The molecule has 0 bridgehead atoms. The number of hydrogen-bond donors (Lipinski definition) is 1. The lowest BCUT2D eigenvalue weighted by atomic mass is 9.77. The largest absolute Gasteiger partial charge is 0.508 e. The van der Waals surface area contributed by atoms with Gasteiger partial charge < -0.3 is 24.1 Å². The molecule has 1 N–H and O–H groups in total. The van der Waals surface area contributed by atoms with Crippen molar-refractivity contribution in [2.45, 2.75) is 39.0 Å². The van der Waals surface area contributed by atoms with Crippen LogP contribution in [0.3, 0.4) is 0 Å². The summed E-state index contributed by atoms with van der Waals surface area (Å²) in [5.41, 5.74) is 9.39. The predicted molar refractivity (Wildman–Crippen MR) is 244 cm³/mol. The highest BCUT2D eigenvalue weighted by atomic mass is 16.5. The molecule has 1 aliphatic heterocycles. The SMILES string of the molecule is Cc1cc(C2c3c(ccc4cc(OCCc5ccc(O)cc5)ccc34)Oc3ccc4cc(OCCc5ccc(N=O)cc5)ccc4c32)cc(C)c1OCCc1ccc(N=O)cc1. The molecule has 8 aromatic carbocycles. The Kier molecular flexibility index (Phi) is 11.3. The number of hydrogen-bond acceptors (Lipinski definition) is 9. The van der Waals surface area contributed by atoms with Crippen LogP contribution in [0.5, 0.6) is 34.5 Å². The summed E-state index contributed by atoms with van der Waals surface area (Å²) in [5.74, 6) is 4.07. The van der Waals surface area contributed by atoms with E-state index in [4.69, 9.17) is 18.9 Å². The van der Waals surface area contributed by atoms with E-state index in [0.29, 0.717) is 50.5 Å². The van der Waals surface area contributed by atoms with Gasteiger partial charge in [0.2, 0.25) is 0 Å². The summed E-state index contributed by atoms with van der Waals surface area (Å²) >= 11 is 0. The molecule has 8 aromatic rings. The molecule has 0 aromatic heterocycles. The van der Waals surface area contributed by atoms with E-state index in [1.807, 2.05) is 48.5 Å². The van der Waals surface area contributed by atoms with E-state index in [-0.39, 0.29) is 11.7 Å². The Balaban J connectivity index is 1.05. The number of aryl methyl sites for hydroxylation is 2. The monoisotopic (exact) mass is 820 g/mol. The van der Waals surface area contributed by atoms with E-state index in [1.165, 1.54) is 0 Å². The van der Waals surface area contributed by atoms with E-state index < -0.39 is 0 Å². The van der Waals surface area contributed by atoms with Gasteiger partial charge in [0.25, 0.3) is 0 Å². The zero-order valence-corrected chi connectivity index (χ0v) is 34.5. The molecular formula is C53H44N2O7. The van der Waals surface area contributed by atoms with Crippen LogP contribution < -0.4 is 18.9 Å². The van der Waals surface area contributed by atoms with Gasteiger partial charge in [-0.05, 0) is 152 Å². The summed E-state index contributed by atoms with van der Waals surface area (Å²) in [7, 11) is 0. The van der Waals surface area contributed by atoms with Crippen LogP contribution >= 0.6 is 0 Å². The van der Waals surface area contributed by atoms with Crippen molar-refractivity contribution in [2.75, 3.05) is 19.8 Å². The number of benzene rings is 8. The molecular weight excluding hydrogens is 777 g/mol. The highest BCUT2D eigenvalue weighted by Crippen LogP contribution is 2.53. The van der Waals surface area contributed by atoms with Gasteiger partial charge in [-0.1, -0.05) is 72.8 Å². The number of phenolic OH excluding ortho intramolecular Hbond substituents is 1. The van der Waals surface area contributed by atoms with E-state index in [0.717, 1.165) is 94.8 Å². The van der Waals surface area contributed by atoms with Crippen molar-refractivity contribution >= 4 is 32.9 Å². The fraction of sp³-hybridized carbons (Fsp3) is 0.170. The summed E-state index contributed by atoms with van der Waals surface area (Å²) in [6, 6.07) is 47.0. The molecule has 1 unspecified atom stereocenters. The number of fused-ring (bicyclic) bond motifs is 6. The molecule has 0 saturated heterocycles. The van der Waals surface area contributed by atoms with Crippen molar-refractivity contribution < 1.29 is 24.1 Å². The maximum atomic E-state index is 10.9. The lowest BCUT2D eigenvalue weighted by Crippen LogP contribution is -2.14. The smallest absolute Gasteiger partial charge is 0.132 e. The van der Waals surface area contributed by atoms with E-state index in [9.17, 15) is 14.9 Å². The molecule has 1 aliphatic rings. The lowest BCUT2D eigenvalue weighted by molar-refractivity contribution is 0.317. The number of aromatic hydroxyl groups is 1. The van der Waals surface area contributed by atoms with Gasteiger partial charge in [0, 0.05) is 36.3 Å². The summed E-state index contributed by atoms with van der Waals surface area (Å²) in [5, 5.41) is 19.9. The van der Waals surface area contributed by atoms with Gasteiger partial charge in [-0.2, -0.15) is 0 Å². The van der Waals surface area contributed by atoms with Gasteiger partial charge in [-0.25, -0.2) is 0 Å². The van der Waals surface area contributed by atoms with Crippen molar-refractivity contribution in [3.63, 3.8) is 0 Å². The predicted octanol–water partition coefficient (Wildman–Crippen LogP) is 13.3. The number of ether oxygens (including phenoxy) is 4. The third-order valence-corrected chi connectivity index (χ3v) is 11.6. The van der Waals surface area contributed by atoms with E-state index in [1.54, 1.807) is 36.4 Å². The zero-order valence-electron chi connectivity index (χ0n) is 34.5. The number of nitrogens with zero attached hydrogens (tertiary/aromatic N) is 2. The molecule has 308 valence electrons. The first-order valence-electron chi connectivity index (χ1n) is 20.8. The van der Waals surface area contributed by atoms with Gasteiger partial charge in [0.1, 0.15) is 45.9 Å². The van der Waals surface area contributed by atoms with Crippen molar-refractivity contribution in [2.24, 2.45) is 10.4 Å². The zero-order chi connectivity index (χ0) is 42.6. The Hall–Kier alpha value is -7.52. The second-order valence-corrected chi connectivity index (χ2v) is 15.7. The average Bonchev–Trinajstić information content (AvgIpc) is 3.30. The summed E-state index contributed by atoms with van der Waals surface area (Å²) in [6.07, 6.45) is 2.10. The molecule has 0 spiro atoms. The molecule has 0 aliphatic carbocycles. The normalized spacial score (nSPS) is 12.9. The third-order valence-electron chi connectivity index (χ3n) is 11.6. The Morgan fingerprint density at radius 1 is 0.516 bits per heavy atom. The minimum absolute atomic E-state index is 0.186. The molecule has 1 atom stereocenters.